The standard InChI is InChI=1S/C21H29FN2O2/c1-17(25)24(15-12-18-5-3-2-4-6-18)16-13-21(26)23-14-11-19-7-9-20(22)10-8-19/h5,7-10H,2-4,6,11-16H2,1H3,(H,23,26). The highest BCUT2D eigenvalue weighted by Gasteiger charge is 2.12. The fourth-order valence-corrected chi connectivity index (χ4v) is 3.16. The molecule has 0 unspecified atom stereocenters. The number of hydrogen-bond donors (Lipinski definition) is 1. The van der Waals surface area contributed by atoms with E-state index in [1.165, 1.54) is 30.5 Å². The van der Waals surface area contributed by atoms with Crippen molar-refractivity contribution in [3.8, 4) is 0 Å². The zero-order valence-electron chi connectivity index (χ0n) is 15.6. The number of allylic oxidation sites excluding steroid dienone is 1. The van der Waals surface area contributed by atoms with Crippen molar-refractivity contribution in [2.45, 2.75) is 51.9 Å². The average molecular weight is 360 g/mol. The number of carbonyl (C=O) groups is 2. The number of rotatable bonds is 9. The molecule has 0 atom stereocenters. The minimum Gasteiger partial charge on any atom is -0.356 e. The Bertz CT molecular complexity index is 625. The highest BCUT2D eigenvalue weighted by molar-refractivity contribution is 5.78. The Morgan fingerprint density at radius 2 is 1.88 bits per heavy atom. The summed E-state index contributed by atoms with van der Waals surface area (Å²) in [5, 5.41) is 2.86. The molecular weight excluding hydrogens is 331 g/mol. The molecule has 26 heavy (non-hydrogen) atoms. The molecule has 2 rings (SSSR count). The first-order valence-corrected chi connectivity index (χ1v) is 9.49. The molecule has 0 aromatic heterocycles. The van der Waals surface area contributed by atoms with Crippen LogP contribution in [0.1, 0.15) is 51.0 Å². The zero-order chi connectivity index (χ0) is 18.8. The normalized spacial score (nSPS) is 13.8. The van der Waals surface area contributed by atoms with Gasteiger partial charge < -0.3 is 10.2 Å². The summed E-state index contributed by atoms with van der Waals surface area (Å²) in [6.45, 7) is 3.20. The number of amides is 2. The second-order valence-corrected chi connectivity index (χ2v) is 6.84. The van der Waals surface area contributed by atoms with Crippen LogP contribution < -0.4 is 5.32 Å². The quantitative estimate of drug-likeness (QED) is 0.684. The van der Waals surface area contributed by atoms with Gasteiger partial charge in [-0.05, 0) is 56.2 Å². The van der Waals surface area contributed by atoms with Crippen LogP contribution in [0.2, 0.25) is 0 Å². The number of nitrogens with one attached hydrogen (secondary N) is 1. The van der Waals surface area contributed by atoms with E-state index in [4.69, 9.17) is 0 Å². The van der Waals surface area contributed by atoms with Crippen LogP contribution in [0.15, 0.2) is 35.9 Å². The number of benzene rings is 1. The van der Waals surface area contributed by atoms with Gasteiger partial charge in [-0.15, -0.1) is 0 Å². The third-order valence-electron chi connectivity index (χ3n) is 4.79. The molecule has 0 saturated carbocycles. The first-order valence-electron chi connectivity index (χ1n) is 9.49. The van der Waals surface area contributed by atoms with Gasteiger partial charge in [-0.1, -0.05) is 23.8 Å². The van der Waals surface area contributed by atoms with Crippen molar-refractivity contribution in [1.82, 2.24) is 10.2 Å². The maximum Gasteiger partial charge on any atom is 0.221 e. The SMILES string of the molecule is CC(=O)N(CCC(=O)NCCc1ccc(F)cc1)CCC1=CCCCC1. The minimum absolute atomic E-state index is 0.0144. The molecule has 1 aromatic rings. The highest BCUT2D eigenvalue weighted by atomic mass is 19.1. The van der Waals surface area contributed by atoms with Crippen molar-refractivity contribution in [3.05, 3.63) is 47.3 Å². The average Bonchev–Trinajstić information content (AvgIpc) is 2.64. The van der Waals surface area contributed by atoms with Gasteiger partial charge in [0.25, 0.3) is 0 Å². The fourth-order valence-electron chi connectivity index (χ4n) is 3.16. The molecular formula is C21H29FN2O2. The Morgan fingerprint density at radius 1 is 1.12 bits per heavy atom. The summed E-state index contributed by atoms with van der Waals surface area (Å²) >= 11 is 0. The van der Waals surface area contributed by atoms with Crippen LogP contribution in [0.5, 0.6) is 0 Å². The molecule has 0 heterocycles. The van der Waals surface area contributed by atoms with Gasteiger partial charge in [-0.25, -0.2) is 4.39 Å². The van der Waals surface area contributed by atoms with Crippen LogP contribution in [0.4, 0.5) is 4.39 Å². The number of hydrogen-bond acceptors (Lipinski definition) is 2. The smallest absolute Gasteiger partial charge is 0.221 e. The summed E-state index contributed by atoms with van der Waals surface area (Å²) in [6, 6.07) is 6.28. The Kier molecular flexibility index (Phi) is 8.32. The van der Waals surface area contributed by atoms with Crippen molar-refractivity contribution in [1.29, 1.82) is 0 Å². The fraction of sp³-hybridized carbons (Fsp3) is 0.524. The van der Waals surface area contributed by atoms with Crippen LogP contribution in [0.3, 0.4) is 0 Å². The predicted molar refractivity (Wildman–Crippen MR) is 101 cm³/mol. The molecule has 1 aromatic carbocycles. The molecule has 0 fully saturated rings. The van der Waals surface area contributed by atoms with E-state index >= 15 is 0 Å². The monoisotopic (exact) mass is 360 g/mol. The zero-order valence-corrected chi connectivity index (χ0v) is 15.6. The molecule has 0 radical (unpaired) electrons. The van der Waals surface area contributed by atoms with Gasteiger partial charge in [0.2, 0.25) is 11.8 Å². The van der Waals surface area contributed by atoms with Gasteiger partial charge in [-0.3, -0.25) is 9.59 Å². The second-order valence-electron chi connectivity index (χ2n) is 6.84. The summed E-state index contributed by atoms with van der Waals surface area (Å²) < 4.78 is 12.9. The number of nitrogens with zero attached hydrogens (tertiary/aromatic N) is 1. The maximum absolute atomic E-state index is 12.9. The van der Waals surface area contributed by atoms with E-state index in [1.807, 2.05) is 0 Å². The molecule has 1 aliphatic rings. The molecule has 0 saturated heterocycles. The molecule has 1 N–H and O–H groups in total. The van der Waals surface area contributed by atoms with Crippen LogP contribution >= 0.6 is 0 Å². The van der Waals surface area contributed by atoms with Crippen LogP contribution in [-0.2, 0) is 16.0 Å². The predicted octanol–water partition coefficient (Wildman–Crippen LogP) is 3.61. The van der Waals surface area contributed by atoms with Gasteiger partial charge >= 0.3 is 0 Å². The van der Waals surface area contributed by atoms with Crippen molar-refractivity contribution in [3.63, 3.8) is 0 Å². The summed E-state index contributed by atoms with van der Waals surface area (Å²) in [4.78, 5) is 25.6. The summed E-state index contributed by atoms with van der Waals surface area (Å²) in [5.74, 6) is -0.304. The van der Waals surface area contributed by atoms with Crippen LogP contribution in [0, 0.1) is 5.82 Å². The van der Waals surface area contributed by atoms with E-state index in [0.29, 0.717) is 32.5 Å². The van der Waals surface area contributed by atoms with E-state index in [0.717, 1.165) is 24.8 Å². The van der Waals surface area contributed by atoms with Gasteiger partial charge in [0.1, 0.15) is 5.82 Å². The first-order chi connectivity index (χ1) is 12.5. The maximum atomic E-state index is 12.9. The lowest BCUT2D eigenvalue weighted by Gasteiger charge is -2.22. The van der Waals surface area contributed by atoms with Crippen molar-refractivity contribution < 1.29 is 14.0 Å². The Balaban J connectivity index is 1.66. The Labute approximate surface area is 155 Å². The lowest BCUT2D eigenvalue weighted by Crippen LogP contribution is -2.35. The van der Waals surface area contributed by atoms with Crippen LogP contribution in [0.25, 0.3) is 0 Å². The van der Waals surface area contributed by atoms with E-state index < -0.39 is 0 Å². The minimum atomic E-state index is -0.258. The molecule has 5 heteroatoms. The van der Waals surface area contributed by atoms with Crippen molar-refractivity contribution >= 4 is 11.8 Å². The van der Waals surface area contributed by atoms with Gasteiger partial charge in [-0.2, -0.15) is 0 Å². The van der Waals surface area contributed by atoms with E-state index in [2.05, 4.69) is 11.4 Å². The third kappa shape index (κ3) is 7.38. The highest BCUT2D eigenvalue weighted by Crippen LogP contribution is 2.20. The number of carbonyl (C=O) groups excluding carboxylic acids is 2. The van der Waals surface area contributed by atoms with E-state index in [1.54, 1.807) is 24.0 Å². The van der Waals surface area contributed by atoms with Crippen LogP contribution in [-0.4, -0.2) is 36.3 Å². The summed E-state index contributed by atoms with van der Waals surface area (Å²) in [7, 11) is 0. The molecule has 1 aliphatic carbocycles. The summed E-state index contributed by atoms with van der Waals surface area (Å²) in [5.41, 5.74) is 2.42. The lowest BCUT2D eigenvalue weighted by atomic mass is 9.97. The molecule has 142 valence electrons. The second kappa shape index (κ2) is 10.7. The Hall–Kier alpha value is -2.17. The molecule has 2 amide bonds. The summed E-state index contributed by atoms with van der Waals surface area (Å²) in [6.07, 6.45) is 8.95. The van der Waals surface area contributed by atoms with Crippen molar-refractivity contribution in [2.75, 3.05) is 19.6 Å². The lowest BCUT2D eigenvalue weighted by molar-refractivity contribution is -0.129. The molecule has 0 spiro atoms. The topological polar surface area (TPSA) is 49.4 Å². The largest absolute Gasteiger partial charge is 0.356 e. The van der Waals surface area contributed by atoms with Crippen molar-refractivity contribution in [2.24, 2.45) is 0 Å². The first kappa shape index (κ1) is 20.1. The van der Waals surface area contributed by atoms with E-state index in [-0.39, 0.29) is 17.6 Å². The van der Waals surface area contributed by atoms with E-state index in [9.17, 15) is 14.0 Å². The third-order valence-corrected chi connectivity index (χ3v) is 4.79. The molecule has 0 bridgehead atoms. The van der Waals surface area contributed by atoms with Gasteiger partial charge in [0, 0.05) is 33.0 Å². The molecule has 0 aliphatic heterocycles. The van der Waals surface area contributed by atoms with Gasteiger partial charge in [0.15, 0.2) is 0 Å². The molecule has 4 nitrogen and oxygen atoms in total. The number of halogens is 1. The Morgan fingerprint density at radius 3 is 2.54 bits per heavy atom. The van der Waals surface area contributed by atoms with Gasteiger partial charge in [0.05, 0.1) is 0 Å².